The van der Waals surface area contributed by atoms with E-state index >= 15 is 0 Å². The van der Waals surface area contributed by atoms with Crippen LogP contribution in [0.15, 0.2) is 0 Å². The van der Waals surface area contributed by atoms with Gasteiger partial charge >= 0.3 is 58.4 Å². The van der Waals surface area contributed by atoms with Gasteiger partial charge in [0.2, 0.25) is 0 Å². The van der Waals surface area contributed by atoms with Crippen molar-refractivity contribution in [3.63, 3.8) is 0 Å². The first-order valence-corrected chi connectivity index (χ1v) is 3.51. The topological polar surface area (TPSA) is 12.0 Å². The van der Waals surface area contributed by atoms with E-state index in [1.165, 1.54) is 0 Å². The third-order valence-corrected chi connectivity index (χ3v) is 1.87. The Morgan fingerprint density at radius 2 is 1.91 bits per heavy atom. The molecule has 1 rings (SSSR count). The van der Waals surface area contributed by atoms with Crippen LogP contribution in [0.25, 0.3) is 0 Å². The molecule has 0 radical (unpaired) electrons. The summed E-state index contributed by atoms with van der Waals surface area (Å²) in [5, 5.41) is 2.74. The van der Waals surface area contributed by atoms with Crippen molar-refractivity contribution in [2.24, 2.45) is 0 Å². The molecule has 0 aliphatic carbocycles. The van der Waals surface area contributed by atoms with Crippen molar-refractivity contribution in [1.82, 2.24) is 5.32 Å². The monoisotopic (exact) mass is 191 g/mol. The summed E-state index contributed by atoms with van der Waals surface area (Å²) in [4.78, 5) is 0. The minimum atomic E-state index is -4.59. The van der Waals surface area contributed by atoms with Gasteiger partial charge in [-0.1, -0.05) is 12.2 Å². The van der Waals surface area contributed by atoms with Crippen LogP contribution in [0.2, 0.25) is 5.82 Å². The molecule has 0 amide bonds. The molecule has 6 heteroatoms. The second-order valence-corrected chi connectivity index (χ2v) is 2.73. The SMILES string of the molecule is F[B-](F)(F)C1CCCNC1.[K+]. The first kappa shape index (κ1) is 12.5. The molecule has 0 saturated carbocycles. The van der Waals surface area contributed by atoms with Gasteiger partial charge in [-0.3, -0.25) is 0 Å². The van der Waals surface area contributed by atoms with Crippen molar-refractivity contribution in [3.05, 3.63) is 0 Å². The predicted octanol–water partition coefficient (Wildman–Crippen LogP) is -1.41. The molecule has 0 aromatic rings. The van der Waals surface area contributed by atoms with Gasteiger partial charge in [-0.2, -0.15) is 0 Å². The number of piperidine rings is 1. The molecule has 1 aliphatic rings. The molecular weight excluding hydrogens is 181 g/mol. The van der Waals surface area contributed by atoms with Crippen molar-refractivity contribution >= 4 is 6.98 Å². The number of rotatable bonds is 1. The van der Waals surface area contributed by atoms with E-state index in [0.29, 0.717) is 12.8 Å². The Morgan fingerprint density at radius 3 is 2.18 bits per heavy atom. The van der Waals surface area contributed by atoms with Gasteiger partial charge in [-0.15, -0.1) is 0 Å². The van der Waals surface area contributed by atoms with E-state index in [0.717, 1.165) is 6.54 Å². The largest absolute Gasteiger partial charge is 1.00 e. The van der Waals surface area contributed by atoms with Gasteiger partial charge in [0.15, 0.2) is 0 Å². The van der Waals surface area contributed by atoms with Gasteiger partial charge in [-0.05, 0) is 19.5 Å². The maximum atomic E-state index is 12.0. The molecule has 11 heavy (non-hydrogen) atoms. The Hall–Kier alpha value is 1.45. The minimum absolute atomic E-state index is 0. The zero-order valence-electron chi connectivity index (χ0n) is 6.62. The number of halogens is 3. The molecule has 0 aromatic carbocycles. The second kappa shape index (κ2) is 5.24. The second-order valence-electron chi connectivity index (χ2n) is 2.73. The third-order valence-electron chi connectivity index (χ3n) is 1.87. The van der Waals surface area contributed by atoms with E-state index in [1.54, 1.807) is 0 Å². The number of nitrogens with one attached hydrogen (secondary N) is 1. The molecule has 1 nitrogen and oxygen atoms in total. The molecule has 0 bridgehead atoms. The maximum Gasteiger partial charge on any atom is 1.00 e. The van der Waals surface area contributed by atoms with Crippen LogP contribution in [-0.2, 0) is 0 Å². The molecule has 0 spiro atoms. The van der Waals surface area contributed by atoms with E-state index < -0.39 is 12.8 Å². The third kappa shape index (κ3) is 4.28. The summed E-state index contributed by atoms with van der Waals surface area (Å²) in [6.07, 6.45) is 0.975. The molecule has 1 N–H and O–H groups in total. The van der Waals surface area contributed by atoms with Crippen molar-refractivity contribution in [3.8, 4) is 0 Å². The average molecular weight is 191 g/mol. The smallest absolute Gasteiger partial charge is 0.449 e. The zero-order chi connectivity index (χ0) is 7.61. The van der Waals surface area contributed by atoms with Gasteiger partial charge in [-0.25, -0.2) is 0 Å². The number of hydrogen-bond donors (Lipinski definition) is 1. The summed E-state index contributed by atoms with van der Waals surface area (Å²) < 4.78 is 35.9. The van der Waals surface area contributed by atoms with E-state index in [1.807, 2.05) is 0 Å². The summed E-state index contributed by atoms with van der Waals surface area (Å²) in [6.45, 7) is -3.72. The fourth-order valence-corrected chi connectivity index (χ4v) is 1.20. The molecule has 1 atom stereocenters. The Morgan fingerprint density at radius 1 is 1.27 bits per heavy atom. The Balaban J connectivity index is 0.000001000. The van der Waals surface area contributed by atoms with E-state index in [2.05, 4.69) is 5.32 Å². The summed E-state index contributed by atoms with van der Waals surface area (Å²) in [5.74, 6) is -1.05. The molecule has 1 unspecified atom stereocenters. The van der Waals surface area contributed by atoms with Crippen molar-refractivity contribution in [2.45, 2.75) is 18.7 Å². The van der Waals surface area contributed by atoms with Crippen LogP contribution in [-0.4, -0.2) is 20.1 Å². The molecule has 0 aromatic heterocycles. The van der Waals surface area contributed by atoms with E-state index in [4.69, 9.17) is 0 Å². The molecule has 60 valence electrons. The van der Waals surface area contributed by atoms with Gasteiger partial charge in [0.1, 0.15) is 0 Å². The molecule has 1 saturated heterocycles. The van der Waals surface area contributed by atoms with E-state index in [9.17, 15) is 12.9 Å². The van der Waals surface area contributed by atoms with Crippen LogP contribution in [0.1, 0.15) is 12.8 Å². The fraction of sp³-hybridized carbons (Fsp3) is 1.00. The van der Waals surface area contributed by atoms with Crippen LogP contribution in [0.3, 0.4) is 0 Å². The van der Waals surface area contributed by atoms with Gasteiger partial charge < -0.3 is 18.3 Å². The molecule has 1 fully saturated rings. The summed E-state index contributed by atoms with van der Waals surface area (Å²) in [7, 11) is 0. The van der Waals surface area contributed by atoms with Gasteiger partial charge in [0.25, 0.3) is 0 Å². The van der Waals surface area contributed by atoms with Crippen molar-refractivity contribution < 1.29 is 64.3 Å². The Kier molecular flexibility index (Phi) is 5.93. The standard InChI is InChI=1S/C5H10BF3N.K/c7-6(8,9)5-2-1-3-10-4-5;/h5,10H,1-4H2;/q-1;+1. The Labute approximate surface area is 107 Å². The zero-order valence-corrected chi connectivity index (χ0v) is 9.74. The first-order valence-electron chi connectivity index (χ1n) is 3.51. The summed E-state index contributed by atoms with van der Waals surface area (Å²) >= 11 is 0. The fourth-order valence-electron chi connectivity index (χ4n) is 1.20. The predicted molar refractivity (Wildman–Crippen MR) is 34.9 cm³/mol. The Bertz CT molecular complexity index is 113. The first-order chi connectivity index (χ1) is 4.61. The molecule has 1 heterocycles. The van der Waals surface area contributed by atoms with Crippen molar-refractivity contribution in [2.75, 3.05) is 13.1 Å². The quantitative estimate of drug-likeness (QED) is 0.502. The average Bonchev–Trinajstić information content (AvgIpc) is 1.88. The van der Waals surface area contributed by atoms with Crippen LogP contribution >= 0.6 is 0 Å². The van der Waals surface area contributed by atoms with Crippen LogP contribution in [0.5, 0.6) is 0 Å². The van der Waals surface area contributed by atoms with Gasteiger partial charge in [0.05, 0.1) is 0 Å². The van der Waals surface area contributed by atoms with E-state index in [-0.39, 0.29) is 57.9 Å². The minimum Gasteiger partial charge on any atom is -0.449 e. The van der Waals surface area contributed by atoms with Crippen LogP contribution in [0, 0.1) is 0 Å². The van der Waals surface area contributed by atoms with Gasteiger partial charge in [0, 0.05) is 0 Å². The molecule has 1 aliphatic heterocycles. The van der Waals surface area contributed by atoms with Crippen LogP contribution < -0.4 is 56.7 Å². The molecular formula is C5H10BF3KN. The van der Waals surface area contributed by atoms with Crippen LogP contribution in [0.4, 0.5) is 12.9 Å². The summed E-state index contributed by atoms with van der Waals surface area (Å²) in [6, 6.07) is 0. The maximum absolute atomic E-state index is 12.0. The number of hydrogen-bond acceptors (Lipinski definition) is 1. The summed E-state index contributed by atoms with van der Waals surface area (Å²) in [5.41, 5.74) is 0. The van der Waals surface area contributed by atoms with Crippen molar-refractivity contribution in [1.29, 1.82) is 0 Å². The normalized spacial score (nSPS) is 25.9.